The third-order valence-corrected chi connectivity index (χ3v) is 3.58. The molecule has 0 aliphatic rings. The van der Waals surface area contributed by atoms with Crippen molar-refractivity contribution in [1.29, 1.82) is 0 Å². The number of thioether (sulfide) groups is 1. The molecular formula is C14H21FN2OS. The highest BCUT2D eigenvalue weighted by Crippen LogP contribution is 2.19. The van der Waals surface area contributed by atoms with Crippen LogP contribution in [-0.4, -0.2) is 31.0 Å². The largest absolute Gasteiger partial charge is 0.382 e. The van der Waals surface area contributed by atoms with E-state index in [1.54, 1.807) is 23.9 Å². The fourth-order valence-electron chi connectivity index (χ4n) is 1.78. The van der Waals surface area contributed by atoms with E-state index in [1.807, 2.05) is 13.2 Å². The Bertz CT molecular complexity index is 426. The van der Waals surface area contributed by atoms with E-state index in [1.165, 1.54) is 6.07 Å². The molecule has 1 amide bonds. The number of para-hydroxylation sites is 1. The van der Waals surface area contributed by atoms with E-state index in [2.05, 4.69) is 17.6 Å². The second kappa shape index (κ2) is 8.04. The van der Waals surface area contributed by atoms with E-state index in [0.717, 1.165) is 5.75 Å². The van der Waals surface area contributed by atoms with Crippen LogP contribution in [-0.2, 0) is 0 Å². The van der Waals surface area contributed by atoms with Crippen LogP contribution in [0.3, 0.4) is 0 Å². The summed E-state index contributed by atoms with van der Waals surface area (Å²) >= 11 is 1.75. The van der Waals surface area contributed by atoms with Gasteiger partial charge in [0.25, 0.3) is 5.91 Å². The van der Waals surface area contributed by atoms with Gasteiger partial charge in [-0.2, -0.15) is 11.8 Å². The number of nitrogens with one attached hydrogen (secondary N) is 2. The number of amides is 1. The molecular weight excluding hydrogens is 263 g/mol. The zero-order valence-electron chi connectivity index (χ0n) is 11.6. The topological polar surface area (TPSA) is 41.1 Å². The standard InChI is InChI=1S/C14H21FN2OS/c1-4-16-13-11(6-5-7-12(13)15)14(18)17-8-10(2)9-19-3/h5-7,10,16H,4,8-9H2,1-3H3,(H,17,18). The molecule has 0 aliphatic heterocycles. The van der Waals surface area contributed by atoms with E-state index < -0.39 is 5.82 Å². The molecule has 0 fully saturated rings. The summed E-state index contributed by atoms with van der Waals surface area (Å²) in [6, 6.07) is 4.54. The first kappa shape index (κ1) is 15.8. The highest BCUT2D eigenvalue weighted by Gasteiger charge is 2.14. The summed E-state index contributed by atoms with van der Waals surface area (Å²) in [5.74, 6) is 0.758. The van der Waals surface area contributed by atoms with Gasteiger partial charge in [0.2, 0.25) is 0 Å². The molecule has 0 saturated heterocycles. The van der Waals surface area contributed by atoms with Crippen molar-refractivity contribution in [3.05, 3.63) is 29.6 Å². The monoisotopic (exact) mass is 284 g/mol. The van der Waals surface area contributed by atoms with Crippen molar-refractivity contribution < 1.29 is 9.18 Å². The number of anilines is 1. The van der Waals surface area contributed by atoms with Gasteiger partial charge in [0.1, 0.15) is 5.82 Å². The third kappa shape index (κ3) is 4.74. The van der Waals surface area contributed by atoms with Gasteiger partial charge in [0.05, 0.1) is 11.3 Å². The minimum Gasteiger partial charge on any atom is -0.382 e. The normalized spacial score (nSPS) is 12.0. The fourth-order valence-corrected chi connectivity index (χ4v) is 2.46. The molecule has 0 bridgehead atoms. The van der Waals surface area contributed by atoms with E-state index >= 15 is 0 Å². The maximum absolute atomic E-state index is 13.7. The smallest absolute Gasteiger partial charge is 0.253 e. The molecule has 1 atom stereocenters. The van der Waals surface area contributed by atoms with Crippen LogP contribution in [0.5, 0.6) is 0 Å². The van der Waals surface area contributed by atoms with Gasteiger partial charge in [-0.15, -0.1) is 0 Å². The molecule has 0 saturated carbocycles. The van der Waals surface area contributed by atoms with Gasteiger partial charge in [-0.25, -0.2) is 4.39 Å². The third-order valence-electron chi connectivity index (χ3n) is 2.67. The van der Waals surface area contributed by atoms with Crippen molar-refractivity contribution in [2.75, 3.05) is 30.4 Å². The first-order valence-corrected chi connectivity index (χ1v) is 7.79. The molecule has 1 rings (SSSR count). The number of benzene rings is 1. The van der Waals surface area contributed by atoms with Gasteiger partial charge in [0, 0.05) is 13.1 Å². The predicted molar refractivity (Wildman–Crippen MR) is 80.4 cm³/mol. The minimum atomic E-state index is -0.397. The lowest BCUT2D eigenvalue weighted by Gasteiger charge is -2.14. The first-order chi connectivity index (χ1) is 9.10. The zero-order valence-corrected chi connectivity index (χ0v) is 12.4. The van der Waals surface area contributed by atoms with Crippen LogP contribution < -0.4 is 10.6 Å². The Balaban J connectivity index is 2.73. The Kier molecular flexibility index (Phi) is 6.70. The summed E-state index contributed by atoms with van der Waals surface area (Å²) in [6.45, 7) is 5.12. The average molecular weight is 284 g/mol. The van der Waals surface area contributed by atoms with Crippen molar-refractivity contribution in [3.8, 4) is 0 Å². The molecule has 1 aromatic rings. The maximum Gasteiger partial charge on any atom is 0.253 e. The quantitative estimate of drug-likeness (QED) is 0.809. The fraction of sp³-hybridized carbons (Fsp3) is 0.500. The highest BCUT2D eigenvalue weighted by molar-refractivity contribution is 7.98. The predicted octanol–water partition coefficient (Wildman–Crippen LogP) is 2.99. The summed E-state index contributed by atoms with van der Waals surface area (Å²) in [5, 5.41) is 5.75. The molecule has 0 spiro atoms. The van der Waals surface area contributed by atoms with Gasteiger partial charge in [0.15, 0.2) is 0 Å². The number of rotatable bonds is 7. The molecule has 1 unspecified atom stereocenters. The second-order valence-electron chi connectivity index (χ2n) is 4.46. The van der Waals surface area contributed by atoms with Gasteiger partial charge in [-0.1, -0.05) is 13.0 Å². The first-order valence-electron chi connectivity index (χ1n) is 6.39. The van der Waals surface area contributed by atoms with Crippen LogP contribution >= 0.6 is 11.8 Å². The van der Waals surface area contributed by atoms with Crippen molar-refractivity contribution in [2.24, 2.45) is 5.92 Å². The molecule has 0 radical (unpaired) electrons. The molecule has 0 aliphatic carbocycles. The maximum atomic E-state index is 13.7. The Morgan fingerprint density at radius 3 is 2.84 bits per heavy atom. The van der Waals surface area contributed by atoms with Crippen molar-refractivity contribution >= 4 is 23.4 Å². The van der Waals surface area contributed by atoms with E-state index in [4.69, 9.17) is 0 Å². The lowest BCUT2D eigenvalue weighted by molar-refractivity contribution is 0.0949. The van der Waals surface area contributed by atoms with Crippen molar-refractivity contribution in [3.63, 3.8) is 0 Å². The van der Waals surface area contributed by atoms with Crippen LogP contribution in [0.15, 0.2) is 18.2 Å². The van der Waals surface area contributed by atoms with Crippen LogP contribution in [0, 0.1) is 11.7 Å². The summed E-state index contributed by atoms with van der Waals surface area (Å²) in [5.41, 5.74) is 0.637. The van der Waals surface area contributed by atoms with Crippen molar-refractivity contribution in [2.45, 2.75) is 13.8 Å². The van der Waals surface area contributed by atoms with Gasteiger partial charge >= 0.3 is 0 Å². The van der Waals surface area contributed by atoms with Crippen LogP contribution in [0.1, 0.15) is 24.2 Å². The Hall–Kier alpha value is -1.23. The molecule has 5 heteroatoms. The van der Waals surface area contributed by atoms with E-state index in [9.17, 15) is 9.18 Å². The summed E-state index contributed by atoms with van der Waals surface area (Å²) in [6.07, 6.45) is 2.04. The Morgan fingerprint density at radius 2 is 2.21 bits per heavy atom. The summed E-state index contributed by atoms with van der Waals surface area (Å²) in [4.78, 5) is 12.1. The van der Waals surface area contributed by atoms with E-state index in [0.29, 0.717) is 24.6 Å². The number of hydrogen-bond acceptors (Lipinski definition) is 3. The summed E-state index contributed by atoms with van der Waals surface area (Å²) in [7, 11) is 0. The van der Waals surface area contributed by atoms with E-state index in [-0.39, 0.29) is 11.6 Å². The van der Waals surface area contributed by atoms with Crippen LogP contribution in [0.2, 0.25) is 0 Å². The number of hydrogen-bond donors (Lipinski definition) is 2. The molecule has 106 valence electrons. The number of carbonyl (C=O) groups is 1. The molecule has 0 heterocycles. The molecule has 3 nitrogen and oxygen atoms in total. The van der Waals surface area contributed by atoms with Crippen LogP contribution in [0.25, 0.3) is 0 Å². The number of halogens is 1. The van der Waals surface area contributed by atoms with Gasteiger partial charge in [-0.3, -0.25) is 4.79 Å². The van der Waals surface area contributed by atoms with Gasteiger partial charge < -0.3 is 10.6 Å². The minimum absolute atomic E-state index is 0.233. The Morgan fingerprint density at radius 1 is 1.47 bits per heavy atom. The molecule has 0 aromatic heterocycles. The second-order valence-corrected chi connectivity index (χ2v) is 5.37. The van der Waals surface area contributed by atoms with Crippen LogP contribution in [0.4, 0.5) is 10.1 Å². The zero-order chi connectivity index (χ0) is 14.3. The van der Waals surface area contributed by atoms with Gasteiger partial charge in [-0.05, 0) is 37.0 Å². The molecule has 1 aromatic carbocycles. The lowest BCUT2D eigenvalue weighted by atomic mass is 10.1. The summed E-state index contributed by atoms with van der Waals surface area (Å²) < 4.78 is 13.7. The molecule has 2 N–H and O–H groups in total. The number of carbonyl (C=O) groups excluding carboxylic acids is 1. The van der Waals surface area contributed by atoms with Crippen molar-refractivity contribution in [1.82, 2.24) is 5.32 Å². The lowest BCUT2D eigenvalue weighted by Crippen LogP contribution is -2.30. The SMILES string of the molecule is CCNc1c(F)cccc1C(=O)NCC(C)CSC. The Labute approximate surface area is 118 Å². The molecule has 19 heavy (non-hydrogen) atoms. The average Bonchev–Trinajstić information content (AvgIpc) is 2.39. The highest BCUT2D eigenvalue weighted by atomic mass is 32.2.